The van der Waals surface area contributed by atoms with Crippen molar-refractivity contribution in [3.8, 4) is 0 Å². The Balaban J connectivity index is 1.24. The van der Waals surface area contributed by atoms with Gasteiger partial charge in [-0.1, -0.05) is 11.3 Å². The molecule has 1 aromatic heterocycles. The zero-order valence-electron chi connectivity index (χ0n) is 19.0. The molecule has 2 fully saturated rings. The Hall–Kier alpha value is -3.46. The second-order valence-electron chi connectivity index (χ2n) is 8.53. The standard InChI is InChI=1S/C25H26N4O4S/c1-2-33-24(32)16-5-10-20-21(13-16)34-25(26-20)27-23(31)17-14-22(30)29(15-17)19-8-6-18(7-9-19)28-11-3-4-12-28/h5-10,13,17H,2-4,11-12,14-15H2,1H3,(H,26,27,31). The summed E-state index contributed by atoms with van der Waals surface area (Å²) >= 11 is 1.29. The number of carbonyl (C=O) groups is 3. The number of aromatic nitrogens is 1. The molecule has 34 heavy (non-hydrogen) atoms. The van der Waals surface area contributed by atoms with Crippen molar-refractivity contribution in [2.45, 2.75) is 26.2 Å². The average Bonchev–Trinajstić information content (AvgIpc) is 3.58. The van der Waals surface area contributed by atoms with Crippen LogP contribution in [0.3, 0.4) is 0 Å². The lowest BCUT2D eigenvalue weighted by atomic mass is 10.1. The number of nitrogens with zero attached hydrogens (tertiary/aromatic N) is 3. The molecule has 2 aromatic carbocycles. The Bertz CT molecular complexity index is 1230. The summed E-state index contributed by atoms with van der Waals surface area (Å²) in [6.07, 6.45) is 2.59. The maximum atomic E-state index is 12.9. The zero-order valence-corrected chi connectivity index (χ0v) is 19.8. The van der Waals surface area contributed by atoms with Crippen LogP contribution in [0.15, 0.2) is 42.5 Å². The summed E-state index contributed by atoms with van der Waals surface area (Å²) < 4.78 is 5.82. The van der Waals surface area contributed by atoms with Crippen molar-refractivity contribution in [2.75, 3.05) is 41.4 Å². The van der Waals surface area contributed by atoms with Gasteiger partial charge in [-0.15, -0.1) is 0 Å². The monoisotopic (exact) mass is 478 g/mol. The van der Waals surface area contributed by atoms with E-state index in [-0.39, 0.29) is 24.2 Å². The van der Waals surface area contributed by atoms with E-state index in [1.54, 1.807) is 30.0 Å². The summed E-state index contributed by atoms with van der Waals surface area (Å²) in [7, 11) is 0. The number of rotatable bonds is 6. The normalized spacial score (nSPS) is 18.0. The van der Waals surface area contributed by atoms with Gasteiger partial charge in [-0.2, -0.15) is 0 Å². The van der Waals surface area contributed by atoms with Gasteiger partial charge in [0.15, 0.2) is 5.13 Å². The number of ether oxygens (including phenoxy) is 1. The number of hydrogen-bond acceptors (Lipinski definition) is 7. The van der Waals surface area contributed by atoms with Crippen molar-refractivity contribution < 1.29 is 19.1 Å². The highest BCUT2D eigenvalue weighted by atomic mass is 32.1. The van der Waals surface area contributed by atoms with Crippen molar-refractivity contribution in [3.63, 3.8) is 0 Å². The lowest BCUT2D eigenvalue weighted by Gasteiger charge is -2.20. The SMILES string of the molecule is CCOC(=O)c1ccc2nc(NC(=O)C3CC(=O)N(c4ccc(N5CCCC5)cc4)C3)sc2c1. The summed E-state index contributed by atoms with van der Waals surface area (Å²) in [5.41, 5.74) is 3.12. The number of fused-ring (bicyclic) bond motifs is 1. The average molecular weight is 479 g/mol. The highest BCUT2D eigenvalue weighted by Crippen LogP contribution is 2.31. The number of nitrogens with one attached hydrogen (secondary N) is 1. The van der Waals surface area contributed by atoms with Crippen LogP contribution in [0, 0.1) is 5.92 Å². The van der Waals surface area contributed by atoms with Gasteiger partial charge in [-0.25, -0.2) is 9.78 Å². The van der Waals surface area contributed by atoms with E-state index in [1.165, 1.54) is 29.9 Å². The zero-order chi connectivity index (χ0) is 23.7. The molecule has 0 aliphatic carbocycles. The van der Waals surface area contributed by atoms with Gasteiger partial charge in [-0.3, -0.25) is 9.59 Å². The first-order chi connectivity index (χ1) is 16.5. The minimum atomic E-state index is -0.451. The van der Waals surface area contributed by atoms with E-state index in [0.29, 0.717) is 29.4 Å². The van der Waals surface area contributed by atoms with Gasteiger partial charge >= 0.3 is 5.97 Å². The molecule has 1 unspecified atom stereocenters. The third-order valence-electron chi connectivity index (χ3n) is 6.26. The number of carbonyl (C=O) groups excluding carboxylic acids is 3. The van der Waals surface area contributed by atoms with Gasteiger partial charge in [0.05, 0.1) is 28.3 Å². The van der Waals surface area contributed by atoms with Gasteiger partial charge in [-0.05, 0) is 62.2 Å². The van der Waals surface area contributed by atoms with Crippen molar-refractivity contribution in [1.29, 1.82) is 0 Å². The van der Waals surface area contributed by atoms with E-state index in [9.17, 15) is 14.4 Å². The van der Waals surface area contributed by atoms with E-state index in [2.05, 4.69) is 15.2 Å². The van der Waals surface area contributed by atoms with Crippen LogP contribution >= 0.6 is 11.3 Å². The number of anilines is 3. The number of amides is 2. The van der Waals surface area contributed by atoms with Crippen molar-refractivity contribution >= 4 is 55.8 Å². The molecule has 9 heteroatoms. The van der Waals surface area contributed by atoms with Crippen LogP contribution in [0.25, 0.3) is 10.2 Å². The van der Waals surface area contributed by atoms with Gasteiger partial charge in [0, 0.05) is 37.4 Å². The van der Waals surface area contributed by atoms with Gasteiger partial charge in [0.2, 0.25) is 11.8 Å². The van der Waals surface area contributed by atoms with E-state index < -0.39 is 5.92 Å². The fourth-order valence-corrected chi connectivity index (χ4v) is 5.39. The second kappa shape index (κ2) is 9.42. The maximum absolute atomic E-state index is 12.9. The molecule has 2 saturated heterocycles. The Labute approximate surface area is 201 Å². The molecule has 0 radical (unpaired) electrons. The molecule has 0 bridgehead atoms. The van der Waals surface area contributed by atoms with Crippen LogP contribution in [-0.2, 0) is 14.3 Å². The molecule has 8 nitrogen and oxygen atoms in total. The van der Waals surface area contributed by atoms with E-state index >= 15 is 0 Å². The molecule has 2 aliphatic rings. The van der Waals surface area contributed by atoms with Gasteiger partial charge in [0.25, 0.3) is 0 Å². The molecule has 0 spiro atoms. The van der Waals surface area contributed by atoms with E-state index in [1.807, 2.05) is 24.3 Å². The molecule has 3 heterocycles. The van der Waals surface area contributed by atoms with Gasteiger partial charge in [0.1, 0.15) is 0 Å². The summed E-state index contributed by atoms with van der Waals surface area (Å²) in [4.78, 5) is 46.0. The van der Waals surface area contributed by atoms with Crippen molar-refractivity contribution in [2.24, 2.45) is 5.92 Å². The summed E-state index contributed by atoms with van der Waals surface area (Å²) in [5.74, 6) is -1.12. The quantitative estimate of drug-likeness (QED) is 0.537. The summed E-state index contributed by atoms with van der Waals surface area (Å²) in [6.45, 7) is 4.54. The third-order valence-corrected chi connectivity index (χ3v) is 7.19. The molecule has 2 amide bonds. The van der Waals surface area contributed by atoms with Crippen LogP contribution in [0.4, 0.5) is 16.5 Å². The molecule has 1 atom stereocenters. The minimum Gasteiger partial charge on any atom is -0.462 e. The molecule has 5 rings (SSSR count). The van der Waals surface area contributed by atoms with Crippen LogP contribution in [0.1, 0.15) is 36.5 Å². The largest absolute Gasteiger partial charge is 0.462 e. The van der Waals surface area contributed by atoms with Gasteiger partial charge < -0.3 is 19.9 Å². The van der Waals surface area contributed by atoms with Crippen LogP contribution in [0.2, 0.25) is 0 Å². The second-order valence-corrected chi connectivity index (χ2v) is 9.56. The lowest BCUT2D eigenvalue weighted by Crippen LogP contribution is -2.28. The number of benzene rings is 2. The number of esters is 1. The lowest BCUT2D eigenvalue weighted by molar-refractivity contribution is -0.122. The number of hydrogen-bond donors (Lipinski definition) is 1. The van der Waals surface area contributed by atoms with Crippen molar-refractivity contribution in [1.82, 2.24) is 4.98 Å². The first kappa shape index (κ1) is 22.3. The highest BCUT2D eigenvalue weighted by molar-refractivity contribution is 7.22. The van der Waals surface area contributed by atoms with Crippen LogP contribution < -0.4 is 15.1 Å². The number of thiazole rings is 1. The predicted molar refractivity (Wildman–Crippen MR) is 133 cm³/mol. The summed E-state index contributed by atoms with van der Waals surface area (Å²) in [5, 5.41) is 3.30. The first-order valence-corrected chi connectivity index (χ1v) is 12.4. The molecule has 2 aliphatic heterocycles. The topological polar surface area (TPSA) is 91.8 Å². The Kier molecular flexibility index (Phi) is 6.19. The fourth-order valence-electron chi connectivity index (χ4n) is 4.48. The minimum absolute atomic E-state index is 0.0579. The van der Waals surface area contributed by atoms with Crippen LogP contribution in [-0.4, -0.2) is 49.0 Å². The Morgan fingerprint density at radius 3 is 2.59 bits per heavy atom. The highest BCUT2D eigenvalue weighted by Gasteiger charge is 2.35. The molecule has 0 saturated carbocycles. The first-order valence-electron chi connectivity index (χ1n) is 11.6. The van der Waals surface area contributed by atoms with E-state index in [0.717, 1.165) is 23.5 Å². The molecule has 176 valence electrons. The Morgan fingerprint density at radius 2 is 1.85 bits per heavy atom. The molecule has 1 N–H and O–H groups in total. The molecule has 3 aromatic rings. The van der Waals surface area contributed by atoms with E-state index in [4.69, 9.17) is 4.74 Å². The fraction of sp³-hybridized carbons (Fsp3) is 0.360. The molecular weight excluding hydrogens is 452 g/mol. The van der Waals surface area contributed by atoms with Crippen LogP contribution in [0.5, 0.6) is 0 Å². The Morgan fingerprint density at radius 1 is 1.12 bits per heavy atom. The maximum Gasteiger partial charge on any atom is 0.338 e. The summed E-state index contributed by atoms with van der Waals surface area (Å²) in [6, 6.07) is 13.1. The predicted octanol–water partition coefficient (Wildman–Crippen LogP) is 4.06. The smallest absolute Gasteiger partial charge is 0.338 e. The molecular formula is C25H26N4O4S. The van der Waals surface area contributed by atoms with Crippen molar-refractivity contribution in [3.05, 3.63) is 48.0 Å². The third kappa shape index (κ3) is 4.48.